The Bertz CT molecular complexity index is 1290. The van der Waals surface area contributed by atoms with Gasteiger partial charge >= 0.3 is 6.18 Å². The molecule has 186 valence electrons. The molecule has 9 nitrogen and oxygen atoms in total. The Labute approximate surface area is 198 Å². The van der Waals surface area contributed by atoms with E-state index in [1.54, 1.807) is 28.9 Å². The summed E-state index contributed by atoms with van der Waals surface area (Å²) >= 11 is 0. The molecule has 4 rings (SSSR count). The highest BCUT2D eigenvalue weighted by atomic mass is 19.4. The van der Waals surface area contributed by atoms with Crippen molar-refractivity contribution in [1.29, 1.82) is 0 Å². The van der Waals surface area contributed by atoms with Crippen molar-refractivity contribution in [1.82, 2.24) is 14.9 Å². The molecule has 2 heterocycles. The van der Waals surface area contributed by atoms with Crippen LogP contribution in [0.1, 0.15) is 55.3 Å². The number of alkyl halides is 3. The first-order chi connectivity index (χ1) is 16.2. The minimum absolute atomic E-state index is 0.0670. The lowest BCUT2D eigenvalue weighted by Gasteiger charge is -2.24. The highest BCUT2D eigenvalue weighted by molar-refractivity contribution is 6.03. The van der Waals surface area contributed by atoms with Gasteiger partial charge in [0, 0.05) is 11.6 Å². The molecule has 1 fully saturated rings. The Balaban J connectivity index is 1.47. The molecule has 0 aliphatic heterocycles. The second-order valence-electron chi connectivity index (χ2n) is 9.50. The van der Waals surface area contributed by atoms with Gasteiger partial charge in [0.1, 0.15) is 22.5 Å². The maximum absolute atomic E-state index is 13.2. The number of aromatic nitrogens is 3. The van der Waals surface area contributed by atoms with Gasteiger partial charge < -0.3 is 21.3 Å². The molecular weight excluding hydrogens is 465 g/mol. The van der Waals surface area contributed by atoms with Gasteiger partial charge in [-0.15, -0.1) is 0 Å². The predicted molar refractivity (Wildman–Crippen MR) is 121 cm³/mol. The van der Waals surface area contributed by atoms with Crippen molar-refractivity contribution in [3.63, 3.8) is 0 Å². The van der Waals surface area contributed by atoms with Crippen molar-refractivity contribution in [2.45, 2.75) is 57.2 Å². The Morgan fingerprint density at radius 3 is 2.37 bits per heavy atom. The SMILES string of the molecule is CC1(n2nc(-c3ccc(CC(=O)Nc4cc(C(C)(C)C(F)(F)F)on4)cc3)c(C(N)=O)c2N)CC1. The van der Waals surface area contributed by atoms with Crippen LogP contribution in [-0.4, -0.2) is 32.9 Å². The fraction of sp³-hybridized carbons (Fsp3) is 0.391. The summed E-state index contributed by atoms with van der Waals surface area (Å²) in [6.45, 7) is 3.92. The summed E-state index contributed by atoms with van der Waals surface area (Å²) in [5.74, 6) is -1.47. The average molecular weight is 490 g/mol. The molecule has 0 spiro atoms. The van der Waals surface area contributed by atoms with E-state index in [0.717, 1.165) is 32.8 Å². The number of hydrogen-bond acceptors (Lipinski definition) is 6. The maximum Gasteiger partial charge on any atom is 0.401 e. The van der Waals surface area contributed by atoms with E-state index in [1.165, 1.54) is 0 Å². The van der Waals surface area contributed by atoms with E-state index in [1.807, 2.05) is 6.92 Å². The van der Waals surface area contributed by atoms with E-state index in [9.17, 15) is 22.8 Å². The fourth-order valence-corrected chi connectivity index (χ4v) is 3.60. The Kier molecular flexibility index (Phi) is 5.65. The van der Waals surface area contributed by atoms with Crippen LogP contribution < -0.4 is 16.8 Å². The molecule has 12 heteroatoms. The zero-order valence-electron chi connectivity index (χ0n) is 19.4. The van der Waals surface area contributed by atoms with Crippen molar-refractivity contribution >= 4 is 23.5 Å². The number of nitrogen functional groups attached to an aromatic ring is 1. The molecule has 35 heavy (non-hydrogen) atoms. The number of amides is 2. The number of rotatable bonds is 7. The topological polar surface area (TPSA) is 142 Å². The van der Waals surface area contributed by atoms with Gasteiger partial charge in [0.25, 0.3) is 5.91 Å². The van der Waals surface area contributed by atoms with Gasteiger partial charge in [0.05, 0.1) is 12.0 Å². The van der Waals surface area contributed by atoms with Crippen molar-refractivity contribution in [2.24, 2.45) is 5.73 Å². The summed E-state index contributed by atoms with van der Waals surface area (Å²) < 4.78 is 46.0. The minimum atomic E-state index is -4.54. The molecule has 3 aromatic rings. The number of hydrogen-bond donors (Lipinski definition) is 3. The fourth-order valence-electron chi connectivity index (χ4n) is 3.60. The summed E-state index contributed by atoms with van der Waals surface area (Å²) in [7, 11) is 0. The summed E-state index contributed by atoms with van der Waals surface area (Å²) in [5.41, 5.74) is 11.0. The van der Waals surface area contributed by atoms with Gasteiger partial charge in [-0.05, 0) is 39.2 Å². The van der Waals surface area contributed by atoms with E-state index < -0.39 is 29.2 Å². The third-order valence-electron chi connectivity index (χ3n) is 6.35. The van der Waals surface area contributed by atoms with Crippen LogP contribution >= 0.6 is 0 Å². The van der Waals surface area contributed by atoms with Gasteiger partial charge in [-0.3, -0.25) is 9.59 Å². The Hall–Kier alpha value is -3.83. The van der Waals surface area contributed by atoms with Crippen LogP contribution in [0.15, 0.2) is 34.9 Å². The van der Waals surface area contributed by atoms with Gasteiger partial charge in [0.2, 0.25) is 5.91 Å². The Morgan fingerprint density at radius 1 is 1.20 bits per heavy atom. The quantitative estimate of drug-likeness (QED) is 0.460. The van der Waals surface area contributed by atoms with Crippen LogP contribution in [0.3, 0.4) is 0 Å². The molecule has 1 aliphatic carbocycles. The van der Waals surface area contributed by atoms with Crippen LogP contribution in [0.25, 0.3) is 11.3 Å². The minimum Gasteiger partial charge on any atom is -0.383 e. The first-order valence-electron chi connectivity index (χ1n) is 10.8. The average Bonchev–Trinajstić information content (AvgIpc) is 3.17. The monoisotopic (exact) mass is 490 g/mol. The molecule has 0 atom stereocenters. The zero-order chi connectivity index (χ0) is 25.8. The predicted octanol–water partition coefficient (Wildman–Crippen LogP) is 3.75. The number of primary amides is 1. The molecule has 5 N–H and O–H groups in total. The van der Waals surface area contributed by atoms with E-state index >= 15 is 0 Å². The van der Waals surface area contributed by atoms with Gasteiger partial charge in [-0.25, -0.2) is 4.68 Å². The van der Waals surface area contributed by atoms with Crippen LogP contribution in [0.5, 0.6) is 0 Å². The van der Waals surface area contributed by atoms with E-state index in [0.29, 0.717) is 16.8 Å². The van der Waals surface area contributed by atoms with Crippen LogP contribution in [0.2, 0.25) is 0 Å². The standard InChI is InChI=1S/C23H25F3N6O3/c1-21(2,23(24,25)26)14-11-15(31-35-14)29-16(33)10-12-4-6-13(7-5-12)18-17(20(28)34)19(27)32(30-18)22(3)8-9-22/h4-7,11H,8-10,27H2,1-3H3,(H2,28,34)(H,29,31,33). The molecule has 0 saturated heterocycles. The zero-order valence-corrected chi connectivity index (χ0v) is 19.4. The summed E-state index contributed by atoms with van der Waals surface area (Å²) in [6.07, 6.45) is -2.82. The van der Waals surface area contributed by atoms with E-state index in [-0.39, 0.29) is 29.2 Å². The molecule has 1 aliphatic rings. The van der Waals surface area contributed by atoms with Crippen molar-refractivity contribution in [3.8, 4) is 11.3 Å². The molecule has 1 saturated carbocycles. The van der Waals surface area contributed by atoms with Gasteiger partial charge in [0.15, 0.2) is 11.6 Å². The highest BCUT2D eigenvalue weighted by Gasteiger charge is 2.51. The summed E-state index contributed by atoms with van der Waals surface area (Å²) in [6, 6.07) is 7.79. The lowest BCUT2D eigenvalue weighted by molar-refractivity contribution is -0.185. The second kappa shape index (κ2) is 8.14. The van der Waals surface area contributed by atoms with Gasteiger partial charge in [-0.1, -0.05) is 29.4 Å². The van der Waals surface area contributed by atoms with E-state index in [4.69, 9.17) is 16.0 Å². The Morgan fingerprint density at radius 2 is 1.83 bits per heavy atom. The normalized spacial score (nSPS) is 15.1. The van der Waals surface area contributed by atoms with E-state index in [2.05, 4.69) is 15.6 Å². The third kappa shape index (κ3) is 4.47. The maximum atomic E-state index is 13.2. The summed E-state index contributed by atoms with van der Waals surface area (Å²) in [5, 5.41) is 10.5. The van der Waals surface area contributed by atoms with Crippen LogP contribution in [0.4, 0.5) is 24.8 Å². The first-order valence-corrected chi connectivity index (χ1v) is 10.8. The van der Waals surface area contributed by atoms with Crippen LogP contribution in [-0.2, 0) is 22.2 Å². The number of benzene rings is 1. The molecular formula is C23H25F3N6O3. The third-order valence-corrected chi connectivity index (χ3v) is 6.35. The molecule has 2 aromatic heterocycles. The lowest BCUT2D eigenvalue weighted by atomic mass is 9.89. The summed E-state index contributed by atoms with van der Waals surface area (Å²) in [4.78, 5) is 24.4. The molecule has 0 unspecified atom stereocenters. The van der Waals surface area contributed by atoms with Crippen LogP contribution in [0, 0.1) is 0 Å². The molecule has 1 aromatic carbocycles. The lowest BCUT2D eigenvalue weighted by Crippen LogP contribution is -2.35. The highest BCUT2D eigenvalue weighted by Crippen LogP contribution is 2.45. The number of halogens is 3. The van der Waals surface area contributed by atoms with Crippen molar-refractivity contribution in [2.75, 3.05) is 11.1 Å². The molecule has 2 amide bonds. The number of nitrogens with two attached hydrogens (primary N) is 2. The number of anilines is 2. The number of nitrogens with zero attached hydrogens (tertiary/aromatic N) is 3. The number of nitrogens with one attached hydrogen (secondary N) is 1. The number of carbonyl (C=O) groups excluding carboxylic acids is 2. The smallest absolute Gasteiger partial charge is 0.383 e. The number of carbonyl (C=O) groups is 2. The van der Waals surface area contributed by atoms with Crippen molar-refractivity contribution in [3.05, 3.63) is 47.2 Å². The second-order valence-corrected chi connectivity index (χ2v) is 9.50. The van der Waals surface area contributed by atoms with Crippen molar-refractivity contribution < 1.29 is 27.3 Å². The van der Waals surface area contributed by atoms with Gasteiger partial charge in [-0.2, -0.15) is 18.3 Å². The molecule has 0 bridgehead atoms. The largest absolute Gasteiger partial charge is 0.401 e. The molecule has 0 radical (unpaired) electrons. The first kappa shape index (κ1) is 24.3.